The number of likely N-dealkylation sites (N-methyl/N-ethyl adjacent to an activating group) is 1. The van der Waals surface area contributed by atoms with Crippen LogP contribution in [0.3, 0.4) is 0 Å². The minimum atomic E-state index is 0.0723. The molecule has 0 fully saturated rings. The normalized spacial score (nSPS) is 10.2. The van der Waals surface area contributed by atoms with Crippen LogP contribution in [0.1, 0.15) is 0 Å². The second kappa shape index (κ2) is 7.09. The quantitative estimate of drug-likeness (QED) is 0.707. The first-order chi connectivity index (χ1) is 7.77. The van der Waals surface area contributed by atoms with Gasteiger partial charge in [-0.3, -0.25) is 0 Å². The van der Waals surface area contributed by atoms with Gasteiger partial charge in [-0.1, -0.05) is 6.07 Å². The fraction of sp³-hybridized carbons (Fsp3) is 0.500. The van der Waals surface area contributed by atoms with Crippen molar-refractivity contribution in [3.8, 4) is 5.75 Å². The fourth-order valence-corrected chi connectivity index (χ4v) is 1.35. The van der Waals surface area contributed by atoms with E-state index in [0.29, 0.717) is 13.2 Å². The van der Waals surface area contributed by atoms with Gasteiger partial charge in [-0.05, 0) is 12.1 Å². The number of methoxy groups -OCH3 is 1. The Bertz CT molecular complexity index is 304. The lowest BCUT2D eigenvalue weighted by Gasteiger charge is -2.19. The predicted octanol–water partition coefficient (Wildman–Crippen LogP) is 1.14. The Labute approximate surface area is 96.4 Å². The number of aliphatic hydroxyl groups excluding tert-OH is 1. The molecular weight excluding hydrogens is 206 g/mol. The van der Waals surface area contributed by atoms with Gasteiger partial charge in [-0.25, -0.2) is 0 Å². The summed E-state index contributed by atoms with van der Waals surface area (Å²) in [6, 6.07) is 7.87. The maximum absolute atomic E-state index is 8.56. The smallest absolute Gasteiger partial charge is 0.120 e. The van der Waals surface area contributed by atoms with Gasteiger partial charge in [0.2, 0.25) is 0 Å². The number of nitrogens with zero attached hydrogens (tertiary/aromatic N) is 1. The number of hydrogen-bond donors (Lipinski definition) is 1. The number of ether oxygens (including phenoxy) is 2. The van der Waals surface area contributed by atoms with Crippen LogP contribution in [-0.2, 0) is 4.74 Å². The van der Waals surface area contributed by atoms with Gasteiger partial charge in [0.05, 0.1) is 26.9 Å². The van der Waals surface area contributed by atoms with Crippen molar-refractivity contribution in [3.05, 3.63) is 24.3 Å². The summed E-state index contributed by atoms with van der Waals surface area (Å²) in [4.78, 5) is 2.08. The Hall–Kier alpha value is -1.26. The molecule has 0 spiro atoms. The fourth-order valence-electron chi connectivity index (χ4n) is 1.35. The number of benzene rings is 1. The van der Waals surface area contributed by atoms with E-state index in [9.17, 15) is 0 Å². The highest BCUT2D eigenvalue weighted by atomic mass is 16.5. The van der Waals surface area contributed by atoms with E-state index in [-0.39, 0.29) is 6.61 Å². The third-order valence-electron chi connectivity index (χ3n) is 2.30. The van der Waals surface area contributed by atoms with Crippen LogP contribution in [0.15, 0.2) is 24.3 Å². The second-order valence-electron chi connectivity index (χ2n) is 3.46. The number of hydrogen-bond acceptors (Lipinski definition) is 4. The van der Waals surface area contributed by atoms with Crippen LogP contribution in [0.2, 0.25) is 0 Å². The monoisotopic (exact) mass is 225 g/mol. The first-order valence-electron chi connectivity index (χ1n) is 5.31. The molecule has 1 rings (SSSR count). The van der Waals surface area contributed by atoms with E-state index in [1.54, 1.807) is 7.11 Å². The molecule has 1 aromatic carbocycles. The third-order valence-corrected chi connectivity index (χ3v) is 2.30. The molecule has 0 aliphatic heterocycles. The minimum absolute atomic E-state index is 0.0723. The van der Waals surface area contributed by atoms with Crippen molar-refractivity contribution in [2.45, 2.75) is 0 Å². The SMILES string of the molecule is COc1cccc(N(C)CCOCCO)c1. The molecule has 16 heavy (non-hydrogen) atoms. The highest BCUT2D eigenvalue weighted by Gasteiger charge is 2.01. The van der Waals surface area contributed by atoms with Gasteiger partial charge in [-0.15, -0.1) is 0 Å². The number of anilines is 1. The highest BCUT2D eigenvalue weighted by Crippen LogP contribution is 2.19. The summed E-state index contributed by atoms with van der Waals surface area (Å²) in [5.41, 5.74) is 1.09. The average Bonchev–Trinajstić information content (AvgIpc) is 2.34. The largest absolute Gasteiger partial charge is 0.497 e. The van der Waals surface area contributed by atoms with Crippen LogP contribution in [0.4, 0.5) is 5.69 Å². The molecule has 0 atom stereocenters. The molecule has 4 heteroatoms. The summed E-state index contributed by atoms with van der Waals surface area (Å²) in [5, 5.41) is 8.56. The molecule has 1 N–H and O–H groups in total. The molecule has 0 unspecified atom stereocenters. The molecular formula is C12H19NO3. The molecule has 0 heterocycles. The van der Waals surface area contributed by atoms with Crippen molar-refractivity contribution in [1.29, 1.82) is 0 Å². The lowest BCUT2D eigenvalue weighted by atomic mass is 10.3. The Morgan fingerprint density at radius 3 is 2.81 bits per heavy atom. The maximum Gasteiger partial charge on any atom is 0.120 e. The van der Waals surface area contributed by atoms with Gasteiger partial charge in [0, 0.05) is 25.3 Å². The van der Waals surface area contributed by atoms with E-state index in [1.165, 1.54) is 0 Å². The van der Waals surface area contributed by atoms with Crippen molar-refractivity contribution in [3.63, 3.8) is 0 Å². The summed E-state index contributed by atoms with van der Waals surface area (Å²) in [7, 11) is 3.65. The van der Waals surface area contributed by atoms with Crippen LogP contribution in [0.5, 0.6) is 5.75 Å². The Morgan fingerprint density at radius 1 is 1.31 bits per heavy atom. The summed E-state index contributed by atoms with van der Waals surface area (Å²) in [5.74, 6) is 0.848. The van der Waals surface area contributed by atoms with Crippen molar-refractivity contribution in [1.82, 2.24) is 0 Å². The zero-order chi connectivity index (χ0) is 11.8. The van der Waals surface area contributed by atoms with Gasteiger partial charge in [0.15, 0.2) is 0 Å². The van der Waals surface area contributed by atoms with E-state index in [0.717, 1.165) is 18.0 Å². The summed E-state index contributed by atoms with van der Waals surface area (Å²) in [6.45, 7) is 1.86. The van der Waals surface area contributed by atoms with Crippen LogP contribution >= 0.6 is 0 Å². The van der Waals surface area contributed by atoms with E-state index < -0.39 is 0 Å². The molecule has 0 aliphatic carbocycles. The van der Waals surface area contributed by atoms with Crippen molar-refractivity contribution < 1.29 is 14.6 Å². The van der Waals surface area contributed by atoms with Gasteiger partial charge in [0.25, 0.3) is 0 Å². The van der Waals surface area contributed by atoms with E-state index in [4.69, 9.17) is 14.6 Å². The molecule has 0 amide bonds. The standard InChI is InChI=1S/C12H19NO3/c1-13(6-8-16-9-7-14)11-4-3-5-12(10-11)15-2/h3-5,10,14H,6-9H2,1-2H3. The summed E-state index contributed by atoms with van der Waals surface area (Å²) >= 11 is 0. The number of aliphatic hydroxyl groups is 1. The molecule has 1 aromatic rings. The molecule has 0 bridgehead atoms. The summed E-state index contributed by atoms with van der Waals surface area (Å²) in [6.07, 6.45) is 0. The van der Waals surface area contributed by atoms with Crippen LogP contribution < -0.4 is 9.64 Å². The van der Waals surface area contributed by atoms with Gasteiger partial charge < -0.3 is 19.5 Å². The molecule has 0 aliphatic rings. The van der Waals surface area contributed by atoms with Crippen molar-refractivity contribution >= 4 is 5.69 Å². The molecule has 90 valence electrons. The maximum atomic E-state index is 8.56. The van der Waals surface area contributed by atoms with Crippen molar-refractivity contribution in [2.24, 2.45) is 0 Å². The first-order valence-corrected chi connectivity index (χ1v) is 5.31. The zero-order valence-corrected chi connectivity index (χ0v) is 9.85. The number of rotatable bonds is 7. The Balaban J connectivity index is 2.42. The molecule has 0 saturated heterocycles. The van der Waals surface area contributed by atoms with Crippen LogP contribution in [0, 0.1) is 0 Å². The Morgan fingerprint density at radius 2 is 2.12 bits per heavy atom. The topological polar surface area (TPSA) is 41.9 Å². The van der Waals surface area contributed by atoms with Crippen LogP contribution in [0.25, 0.3) is 0 Å². The minimum Gasteiger partial charge on any atom is -0.497 e. The van der Waals surface area contributed by atoms with Gasteiger partial charge in [0.1, 0.15) is 5.75 Å². The average molecular weight is 225 g/mol. The molecule has 0 radical (unpaired) electrons. The van der Waals surface area contributed by atoms with E-state index in [2.05, 4.69) is 4.90 Å². The van der Waals surface area contributed by atoms with Crippen LogP contribution in [-0.4, -0.2) is 45.6 Å². The highest BCUT2D eigenvalue weighted by molar-refractivity contribution is 5.49. The second-order valence-corrected chi connectivity index (χ2v) is 3.46. The van der Waals surface area contributed by atoms with E-state index >= 15 is 0 Å². The Kier molecular flexibility index (Phi) is 5.67. The van der Waals surface area contributed by atoms with E-state index in [1.807, 2.05) is 31.3 Å². The van der Waals surface area contributed by atoms with Gasteiger partial charge in [-0.2, -0.15) is 0 Å². The third kappa shape index (κ3) is 4.08. The first kappa shape index (κ1) is 12.8. The molecule has 0 saturated carbocycles. The molecule has 0 aromatic heterocycles. The predicted molar refractivity (Wildman–Crippen MR) is 64.2 cm³/mol. The summed E-state index contributed by atoms with van der Waals surface area (Å²) < 4.78 is 10.4. The lowest BCUT2D eigenvalue weighted by molar-refractivity contribution is 0.0971. The lowest BCUT2D eigenvalue weighted by Crippen LogP contribution is -2.23. The zero-order valence-electron chi connectivity index (χ0n) is 9.85. The van der Waals surface area contributed by atoms with Crippen molar-refractivity contribution in [2.75, 3.05) is 45.4 Å². The molecule has 4 nitrogen and oxygen atoms in total. The van der Waals surface area contributed by atoms with Gasteiger partial charge >= 0.3 is 0 Å².